The number of carboxylic acids is 1. The van der Waals surface area contributed by atoms with Crippen molar-refractivity contribution in [3.8, 4) is 5.75 Å². The predicted octanol–water partition coefficient (Wildman–Crippen LogP) is 2.40. The summed E-state index contributed by atoms with van der Waals surface area (Å²) in [5, 5.41) is 10.3. The summed E-state index contributed by atoms with van der Waals surface area (Å²) in [4.78, 5) is 20.8. The summed E-state index contributed by atoms with van der Waals surface area (Å²) in [5.74, 6) is -0.0793. The molecular weight excluding hydrogens is 256 g/mol. The Morgan fingerprint density at radius 3 is 2.00 bits per heavy atom. The molecule has 1 N–H and O–H groups in total. The fourth-order valence-electron chi connectivity index (χ4n) is 1.75. The second kappa shape index (κ2) is 6.02. The topological polar surface area (TPSA) is 63.6 Å². The van der Waals surface area contributed by atoms with Crippen molar-refractivity contribution < 1.29 is 14.6 Å². The van der Waals surface area contributed by atoms with E-state index in [1.54, 1.807) is 31.4 Å². The molecule has 0 aliphatic rings. The largest absolute Gasteiger partial charge is 0.497 e. The number of fused-ring (bicyclic) bond motifs is 1. The fraction of sp³-hybridized carbons (Fsp3) is 0.125. The van der Waals surface area contributed by atoms with Gasteiger partial charge in [0.25, 0.3) is 0 Å². The molecule has 3 aromatic rings. The third kappa shape index (κ3) is 3.45. The van der Waals surface area contributed by atoms with Crippen molar-refractivity contribution in [3.63, 3.8) is 0 Å². The van der Waals surface area contributed by atoms with Gasteiger partial charge in [-0.15, -0.1) is 0 Å². The Balaban J connectivity index is 0.000000157. The summed E-state index contributed by atoms with van der Waals surface area (Å²) in [6.45, 7) is 0. The maximum atomic E-state index is 10.5. The smallest absolute Gasteiger partial charge is 0.307 e. The standard InChI is InChI=1S/C9H10O3.C7H4O/c1-12-8-4-2-7(3-5-8)6-9(10)11;8-7-5-3-1-2-4-6(5)7/h2-5H,6H2,1H3,(H,10,11);1-4H. The van der Waals surface area contributed by atoms with Gasteiger partial charge in [0, 0.05) is 10.8 Å². The molecular formula is C16H14O4. The SMILES string of the molecule is COc1ccc(CC(=O)O)cc1.O=c1c2ccccc12. The second-order valence-corrected chi connectivity index (χ2v) is 4.29. The number of rotatable bonds is 3. The molecule has 0 aliphatic carbocycles. The minimum absolute atomic E-state index is 0.0595. The number of carbonyl (C=O) groups is 1. The molecule has 0 saturated heterocycles. The first-order valence-corrected chi connectivity index (χ1v) is 6.10. The van der Waals surface area contributed by atoms with E-state index in [1.807, 2.05) is 24.3 Å². The molecule has 4 nitrogen and oxygen atoms in total. The predicted molar refractivity (Wildman–Crippen MR) is 76.9 cm³/mol. The Hall–Kier alpha value is -2.62. The molecule has 0 bridgehead atoms. The molecule has 0 atom stereocenters. The lowest BCUT2D eigenvalue weighted by Crippen LogP contribution is -1.99. The van der Waals surface area contributed by atoms with Crippen molar-refractivity contribution in [2.24, 2.45) is 0 Å². The van der Waals surface area contributed by atoms with Crippen molar-refractivity contribution in [1.29, 1.82) is 0 Å². The number of ether oxygens (including phenoxy) is 1. The molecule has 20 heavy (non-hydrogen) atoms. The highest BCUT2D eigenvalue weighted by atomic mass is 16.5. The van der Waals surface area contributed by atoms with E-state index in [9.17, 15) is 9.59 Å². The van der Waals surface area contributed by atoms with Gasteiger partial charge in [-0.25, -0.2) is 0 Å². The minimum Gasteiger partial charge on any atom is -0.497 e. The van der Waals surface area contributed by atoms with Gasteiger partial charge >= 0.3 is 5.97 Å². The Morgan fingerprint density at radius 2 is 1.60 bits per heavy atom. The van der Waals surface area contributed by atoms with Crippen molar-refractivity contribution in [1.82, 2.24) is 0 Å². The zero-order valence-corrected chi connectivity index (χ0v) is 11.0. The first-order valence-electron chi connectivity index (χ1n) is 6.10. The van der Waals surface area contributed by atoms with E-state index < -0.39 is 5.97 Å². The van der Waals surface area contributed by atoms with Crippen molar-refractivity contribution in [2.45, 2.75) is 6.42 Å². The fourth-order valence-corrected chi connectivity index (χ4v) is 1.75. The van der Waals surface area contributed by atoms with Crippen LogP contribution in [-0.2, 0) is 11.2 Å². The van der Waals surface area contributed by atoms with Crippen molar-refractivity contribution in [2.75, 3.05) is 7.11 Å². The van der Waals surface area contributed by atoms with Crippen LogP contribution in [0.2, 0.25) is 0 Å². The summed E-state index contributed by atoms with van der Waals surface area (Å²) in [6.07, 6.45) is 0.0595. The average Bonchev–Trinajstić information content (AvgIpc) is 3.11. The van der Waals surface area contributed by atoms with Gasteiger partial charge in [-0.2, -0.15) is 0 Å². The number of aliphatic carboxylic acids is 1. The molecule has 0 aromatic heterocycles. The van der Waals surface area contributed by atoms with Crippen LogP contribution >= 0.6 is 0 Å². The van der Waals surface area contributed by atoms with E-state index >= 15 is 0 Å². The zero-order chi connectivity index (χ0) is 14.5. The van der Waals surface area contributed by atoms with Crippen LogP contribution in [0, 0.1) is 0 Å². The second-order valence-electron chi connectivity index (χ2n) is 4.29. The highest BCUT2D eigenvalue weighted by Crippen LogP contribution is 2.12. The molecule has 0 spiro atoms. The van der Waals surface area contributed by atoms with E-state index in [2.05, 4.69) is 0 Å². The maximum Gasteiger partial charge on any atom is 0.307 e. The monoisotopic (exact) mass is 270 g/mol. The van der Waals surface area contributed by atoms with Crippen LogP contribution in [0.3, 0.4) is 0 Å². The molecule has 3 rings (SSSR count). The van der Waals surface area contributed by atoms with Crippen molar-refractivity contribution in [3.05, 3.63) is 64.3 Å². The van der Waals surface area contributed by atoms with Crippen LogP contribution < -0.4 is 10.2 Å². The summed E-state index contributed by atoms with van der Waals surface area (Å²) < 4.78 is 4.93. The zero-order valence-electron chi connectivity index (χ0n) is 11.0. The lowest BCUT2D eigenvalue weighted by molar-refractivity contribution is -0.136. The normalized spacial score (nSPS) is 10.1. The molecule has 102 valence electrons. The van der Waals surface area contributed by atoms with Crippen LogP contribution in [0.5, 0.6) is 5.75 Å². The lowest BCUT2D eigenvalue weighted by atomic mass is 10.1. The number of hydrogen-bond acceptors (Lipinski definition) is 3. The first-order chi connectivity index (χ1) is 9.61. The van der Waals surface area contributed by atoms with Gasteiger partial charge in [0.15, 0.2) is 5.43 Å². The Bertz CT molecular complexity index is 688. The van der Waals surface area contributed by atoms with Gasteiger partial charge in [0.2, 0.25) is 0 Å². The van der Waals surface area contributed by atoms with E-state index in [4.69, 9.17) is 9.84 Å². The highest BCUT2D eigenvalue weighted by molar-refractivity contribution is 5.97. The molecule has 0 amide bonds. The minimum atomic E-state index is -0.819. The number of benzene rings is 2. The highest BCUT2D eigenvalue weighted by Gasteiger charge is 2.07. The summed E-state index contributed by atoms with van der Waals surface area (Å²) in [6, 6.07) is 14.4. The lowest BCUT2D eigenvalue weighted by Gasteiger charge is -1.99. The Morgan fingerprint density at radius 1 is 1.05 bits per heavy atom. The average molecular weight is 270 g/mol. The summed E-state index contributed by atoms with van der Waals surface area (Å²) >= 11 is 0. The molecule has 0 heterocycles. The summed E-state index contributed by atoms with van der Waals surface area (Å²) in [7, 11) is 1.58. The van der Waals surface area contributed by atoms with E-state index in [0.717, 1.165) is 22.1 Å². The van der Waals surface area contributed by atoms with Gasteiger partial charge in [-0.05, 0) is 17.7 Å². The van der Waals surface area contributed by atoms with Crippen molar-refractivity contribution >= 4 is 16.7 Å². The van der Waals surface area contributed by atoms with Gasteiger partial charge in [0.1, 0.15) is 5.75 Å². The molecule has 0 saturated carbocycles. The van der Waals surface area contributed by atoms with Crippen LogP contribution in [0.1, 0.15) is 5.56 Å². The molecule has 4 heteroatoms. The van der Waals surface area contributed by atoms with Crippen LogP contribution in [-0.4, -0.2) is 18.2 Å². The molecule has 0 fully saturated rings. The van der Waals surface area contributed by atoms with Crippen LogP contribution in [0.15, 0.2) is 53.3 Å². The van der Waals surface area contributed by atoms with Gasteiger partial charge in [-0.1, -0.05) is 36.4 Å². The number of methoxy groups -OCH3 is 1. The number of hydrogen-bond donors (Lipinski definition) is 1. The number of carboxylic acid groups (broad SMARTS) is 1. The van der Waals surface area contributed by atoms with E-state index in [1.165, 1.54) is 0 Å². The molecule has 3 aromatic carbocycles. The van der Waals surface area contributed by atoms with Gasteiger partial charge < -0.3 is 9.84 Å². The molecule has 0 unspecified atom stereocenters. The summed E-state index contributed by atoms with van der Waals surface area (Å²) in [5.41, 5.74) is 0.998. The first kappa shape index (κ1) is 13.8. The Kier molecular flexibility index (Phi) is 4.15. The van der Waals surface area contributed by atoms with E-state index in [0.29, 0.717) is 0 Å². The third-order valence-corrected chi connectivity index (χ3v) is 2.87. The van der Waals surface area contributed by atoms with Crippen LogP contribution in [0.25, 0.3) is 10.8 Å². The van der Waals surface area contributed by atoms with Gasteiger partial charge in [-0.3, -0.25) is 9.59 Å². The quantitative estimate of drug-likeness (QED) is 0.793. The molecule has 0 aliphatic heterocycles. The van der Waals surface area contributed by atoms with Crippen LogP contribution in [0.4, 0.5) is 0 Å². The van der Waals surface area contributed by atoms with E-state index in [-0.39, 0.29) is 11.8 Å². The molecule has 0 radical (unpaired) electrons. The third-order valence-electron chi connectivity index (χ3n) is 2.87. The Labute approximate surface area is 115 Å². The van der Waals surface area contributed by atoms with Gasteiger partial charge in [0.05, 0.1) is 13.5 Å². The maximum absolute atomic E-state index is 10.5.